The van der Waals surface area contributed by atoms with Crippen LogP contribution in [0.1, 0.15) is 18.9 Å². The molecule has 3 aromatic heterocycles. The van der Waals surface area contributed by atoms with Crippen LogP contribution in [0.2, 0.25) is 0 Å². The van der Waals surface area contributed by atoms with E-state index in [-0.39, 0.29) is 17.3 Å². The van der Waals surface area contributed by atoms with E-state index in [1.165, 1.54) is 12.1 Å². The number of piperidine rings is 1. The van der Waals surface area contributed by atoms with Crippen molar-refractivity contribution < 1.29 is 8.78 Å². The summed E-state index contributed by atoms with van der Waals surface area (Å²) >= 11 is 0. The molecule has 1 fully saturated rings. The standard InChI is InChI=1S/C21H21F2N9/c1-30-7-5-15(6-8-30)31-12-14(11-26-31)13-9-16(20(24)25-10-13)21-27-28-29-32(21)18-4-2-3-17(22)19(18)23/h2-4,9-12,15H,5-8H2,1H3,(H2,24,25). The Labute approximate surface area is 182 Å². The number of benzene rings is 1. The molecule has 1 aliphatic heterocycles. The summed E-state index contributed by atoms with van der Waals surface area (Å²) in [6, 6.07) is 5.93. The van der Waals surface area contributed by atoms with Crippen LogP contribution in [0.15, 0.2) is 42.9 Å². The van der Waals surface area contributed by atoms with Gasteiger partial charge >= 0.3 is 0 Å². The van der Waals surface area contributed by atoms with Gasteiger partial charge in [0.2, 0.25) is 0 Å². The van der Waals surface area contributed by atoms with Gasteiger partial charge in [-0.1, -0.05) is 6.07 Å². The second-order valence-corrected chi connectivity index (χ2v) is 7.89. The number of hydrogen-bond acceptors (Lipinski definition) is 7. The normalized spacial score (nSPS) is 15.3. The van der Waals surface area contributed by atoms with E-state index >= 15 is 0 Å². The van der Waals surface area contributed by atoms with Gasteiger partial charge in [0.1, 0.15) is 11.5 Å². The molecule has 5 rings (SSSR count). The first kappa shape index (κ1) is 20.2. The SMILES string of the molecule is CN1CCC(n2cc(-c3cnc(N)c(-c4nnnn4-c4cccc(F)c4F)c3)cn2)CC1. The largest absolute Gasteiger partial charge is 0.383 e. The molecular weight excluding hydrogens is 416 g/mol. The lowest BCUT2D eigenvalue weighted by molar-refractivity contribution is 0.212. The zero-order chi connectivity index (χ0) is 22.2. The zero-order valence-corrected chi connectivity index (χ0v) is 17.4. The molecule has 0 saturated carbocycles. The highest BCUT2D eigenvalue weighted by Crippen LogP contribution is 2.31. The van der Waals surface area contributed by atoms with E-state index in [4.69, 9.17) is 5.73 Å². The van der Waals surface area contributed by atoms with Crippen molar-refractivity contribution in [1.82, 2.24) is 39.9 Å². The van der Waals surface area contributed by atoms with Gasteiger partial charge in [0.15, 0.2) is 17.5 Å². The van der Waals surface area contributed by atoms with Gasteiger partial charge in [-0.15, -0.1) is 5.10 Å². The van der Waals surface area contributed by atoms with Crippen LogP contribution in [0, 0.1) is 11.6 Å². The number of anilines is 1. The molecule has 0 bridgehead atoms. The number of nitrogens with two attached hydrogens (primary N) is 1. The van der Waals surface area contributed by atoms with Crippen LogP contribution < -0.4 is 5.73 Å². The van der Waals surface area contributed by atoms with Gasteiger partial charge in [-0.3, -0.25) is 4.68 Å². The highest BCUT2D eigenvalue weighted by molar-refractivity contribution is 5.76. The maximum Gasteiger partial charge on any atom is 0.190 e. The summed E-state index contributed by atoms with van der Waals surface area (Å²) in [5.41, 5.74) is 8.02. The summed E-state index contributed by atoms with van der Waals surface area (Å²) in [7, 11) is 2.12. The fraction of sp³-hybridized carbons (Fsp3) is 0.286. The Morgan fingerprint density at radius 1 is 1.09 bits per heavy atom. The Balaban J connectivity index is 1.50. The summed E-state index contributed by atoms with van der Waals surface area (Å²) in [6.07, 6.45) is 7.49. The Bertz CT molecular complexity index is 1260. The van der Waals surface area contributed by atoms with Crippen LogP contribution in [0.3, 0.4) is 0 Å². The third-order valence-corrected chi connectivity index (χ3v) is 5.79. The minimum atomic E-state index is -1.05. The van der Waals surface area contributed by atoms with Crippen molar-refractivity contribution in [3.63, 3.8) is 0 Å². The van der Waals surface area contributed by atoms with Crippen molar-refractivity contribution in [3.8, 4) is 28.2 Å². The van der Waals surface area contributed by atoms with Crippen LogP contribution in [0.25, 0.3) is 28.2 Å². The fourth-order valence-electron chi connectivity index (χ4n) is 3.93. The molecule has 0 spiro atoms. The molecule has 1 saturated heterocycles. The second-order valence-electron chi connectivity index (χ2n) is 7.89. The van der Waals surface area contributed by atoms with E-state index in [1.807, 2.05) is 10.9 Å². The van der Waals surface area contributed by atoms with Crippen LogP contribution in [-0.2, 0) is 0 Å². The first-order chi connectivity index (χ1) is 15.5. The van der Waals surface area contributed by atoms with Crippen LogP contribution in [0.5, 0.6) is 0 Å². The molecule has 32 heavy (non-hydrogen) atoms. The Kier molecular flexibility index (Phi) is 5.10. The average Bonchev–Trinajstić information content (AvgIpc) is 3.47. The van der Waals surface area contributed by atoms with E-state index in [9.17, 15) is 8.78 Å². The van der Waals surface area contributed by atoms with Crippen molar-refractivity contribution in [2.75, 3.05) is 25.9 Å². The molecule has 0 unspecified atom stereocenters. The van der Waals surface area contributed by atoms with E-state index in [0.29, 0.717) is 11.6 Å². The maximum atomic E-state index is 14.4. The van der Waals surface area contributed by atoms with E-state index in [0.717, 1.165) is 47.8 Å². The van der Waals surface area contributed by atoms with Crippen molar-refractivity contribution >= 4 is 5.82 Å². The number of rotatable bonds is 4. The van der Waals surface area contributed by atoms with Gasteiger partial charge < -0.3 is 10.6 Å². The quantitative estimate of drug-likeness (QED) is 0.524. The number of nitrogens with zero attached hydrogens (tertiary/aromatic N) is 8. The molecule has 0 amide bonds. The third-order valence-electron chi connectivity index (χ3n) is 5.79. The Morgan fingerprint density at radius 2 is 1.91 bits per heavy atom. The first-order valence-corrected chi connectivity index (χ1v) is 10.2. The van der Waals surface area contributed by atoms with E-state index in [1.54, 1.807) is 18.5 Å². The number of tetrazole rings is 1. The molecule has 0 radical (unpaired) electrons. The zero-order valence-electron chi connectivity index (χ0n) is 17.4. The highest BCUT2D eigenvalue weighted by atomic mass is 19.2. The molecule has 9 nitrogen and oxygen atoms in total. The van der Waals surface area contributed by atoms with Gasteiger partial charge in [0.05, 0.1) is 17.8 Å². The lowest BCUT2D eigenvalue weighted by atomic mass is 10.1. The molecule has 4 heterocycles. The molecule has 0 aliphatic carbocycles. The van der Waals surface area contributed by atoms with Gasteiger partial charge in [0, 0.05) is 23.5 Å². The molecule has 0 atom stereocenters. The molecule has 2 N–H and O–H groups in total. The molecule has 11 heteroatoms. The van der Waals surface area contributed by atoms with E-state index < -0.39 is 11.6 Å². The maximum absolute atomic E-state index is 14.4. The van der Waals surface area contributed by atoms with Crippen LogP contribution in [-0.4, -0.2) is 60.0 Å². The van der Waals surface area contributed by atoms with Crippen LogP contribution >= 0.6 is 0 Å². The fourth-order valence-corrected chi connectivity index (χ4v) is 3.93. The number of halogens is 2. The van der Waals surface area contributed by atoms with Crippen molar-refractivity contribution in [2.24, 2.45) is 0 Å². The lowest BCUT2D eigenvalue weighted by Crippen LogP contribution is -2.31. The van der Waals surface area contributed by atoms with Gasteiger partial charge in [0.25, 0.3) is 0 Å². The summed E-state index contributed by atoms with van der Waals surface area (Å²) < 4.78 is 31.2. The van der Waals surface area contributed by atoms with Gasteiger partial charge in [-0.05, 0) is 61.6 Å². The minimum absolute atomic E-state index is 0.120. The van der Waals surface area contributed by atoms with Crippen molar-refractivity contribution in [3.05, 3.63) is 54.5 Å². The minimum Gasteiger partial charge on any atom is -0.383 e. The predicted octanol–water partition coefficient (Wildman–Crippen LogP) is 2.71. The molecule has 1 aromatic carbocycles. The molecule has 1 aliphatic rings. The summed E-state index contributed by atoms with van der Waals surface area (Å²) in [5.74, 6) is -1.72. The Morgan fingerprint density at radius 3 is 2.72 bits per heavy atom. The summed E-state index contributed by atoms with van der Waals surface area (Å²) in [5, 5.41) is 16.0. The topological polar surface area (TPSA) is 104 Å². The summed E-state index contributed by atoms with van der Waals surface area (Å²) in [4.78, 5) is 6.58. The lowest BCUT2D eigenvalue weighted by Gasteiger charge is -2.28. The van der Waals surface area contributed by atoms with E-state index in [2.05, 4.69) is 37.6 Å². The van der Waals surface area contributed by atoms with Crippen molar-refractivity contribution in [1.29, 1.82) is 0 Å². The van der Waals surface area contributed by atoms with Gasteiger partial charge in [-0.25, -0.2) is 13.8 Å². The second kappa shape index (κ2) is 8.08. The third kappa shape index (κ3) is 3.60. The number of hydrogen-bond donors (Lipinski definition) is 1. The van der Waals surface area contributed by atoms with Crippen molar-refractivity contribution in [2.45, 2.75) is 18.9 Å². The average molecular weight is 437 g/mol. The number of likely N-dealkylation sites (tertiary alicyclic amines) is 1. The summed E-state index contributed by atoms with van der Waals surface area (Å²) in [6.45, 7) is 2.07. The number of pyridine rings is 1. The smallest absolute Gasteiger partial charge is 0.190 e. The monoisotopic (exact) mass is 437 g/mol. The Hall–Kier alpha value is -3.73. The highest BCUT2D eigenvalue weighted by Gasteiger charge is 2.21. The number of nitrogen functional groups attached to an aromatic ring is 1. The molecule has 164 valence electrons. The first-order valence-electron chi connectivity index (χ1n) is 10.2. The molecule has 4 aromatic rings. The van der Waals surface area contributed by atoms with Crippen LogP contribution in [0.4, 0.5) is 14.6 Å². The number of aromatic nitrogens is 7. The predicted molar refractivity (Wildman–Crippen MR) is 114 cm³/mol. The molecular formula is C21H21F2N9. The van der Waals surface area contributed by atoms with Gasteiger partial charge in [-0.2, -0.15) is 9.78 Å².